The van der Waals surface area contributed by atoms with Crippen molar-refractivity contribution in [3.8, 4) is 0 Å². The third-order valence-electron chi connectivity index (χ3n) is 9.35. The standard InChI is InChI=1S/C30H51N3O20/c1-8-18(39)23(44)24(45)30(48-8)47-7-14-19(40)21(42)15(31-9(2)36)28(51-14)52-25-13(6-35)50-29(16(22(25)43)32-10(3)37)53-26-17(33-11(4)38)27(46)49-12(5-34)20(26)41/h8,12-30,34-35,39-46H,5-7H2,1-4H3,(H,31,36)(H,32,37)(H,33,38)/t8-,12+,13+,14+,15+,16+,17+,18-,19-,20-,21+,22+,23+,24+,25-,26+,27-,28+,29+,30+/m0/s1. The fourth-order valence-electron chi connectivity index (χ4n) is 6.60. The summed E-state index contributed by atoms with van der Waals surface area (Å²) in [5.74, 6) is -2.10. The largest absolute Gasteiger partial charge is 0.394 e. The minimum atomic E-state index is -1.87. The molecule has 306 valence electrons. The van der Waals surface area contributed by atoms with Crippen LogP contribution in [0.4, 0.5) is 0 Å². The van der Waals surface area contributed by atoms with Gasteiger partial charge in [0.25, 0.3) is 0 Å². The molecule has 4 aliphatic heterocycles. The van der Waals surface area contributed by atoms with Crippen molar-refractivity contribution in [2.24, 2.45) is 0 Å². The monoisotopic (exact) mass is 773 g/mol. The van der Waals surface area contributed by atoms with Crippen molar-refractivity contribution >= 4 is 17.7 Å². The first-order chi connectivity index (χ1) is 24.9. The summed E-state index contributed by atoms with van der Waals surface area (Å²) in [6.45, 7) is 2.38. The molecule has 23 heteroatoms. The normalized spacial score (nSPS) is 46.3. The van der Waals surface area contributed by atoms with E-state index in [4.69, 9.17) is 33.2 Å². The molecular formula is C30H51N3O20. The lowest BCUT2D eigenvalue weighted by Crippen LogP contribution is -2.71. The van der Waals surface area contributed by atoms with Crippen molar-refractivity contribution in [3.63, 3.8) is 0 Å². The lowest BCUT2D eigenvalue weighted by Gasteiger charge is -2.50. The highest BCUT2D eigenvalue weighted by Crippen LogP contribution is 2.33. The average Bonchev–Trinajstić information content (AvgIpc) is 3.09. The number of aliphatic hydroxyl groups is 10. The Morgan fingerprint density at radius 1 is 0.528 bits per heavy atom. The van der Waals surface area contributed by atoms with Crippen LogP contribution in [0.15, 0.2) is 0 Å². The fraction of sp³-hybridized carbons (Fsp3) is 0.900. The molecule has 4 saturated heterocycles. The van der Waals surface area contributed by atoms with E-state index in [0.717, 1.165) is 20.8 Å². The Hall–Kier alpha value is -2.27. The number of hydrogen-bond donors (Lipinski definition) is 13. The maximum absolute atomic E-state index is 12.3. The number of aliphatic hydroxyl groups excluding tert-OH is 10. The first-order valence-corrected chi connectivity index (χ1v) is 16.9. The maximum atomic E-state index is 12.3. The Balaban J connectivity index is 1.58. The zero-order chi connectivity index (χ0) is 39.5. The molecule has 4 fully saturated rings. The number of ether oxygens (including phenoxy) is 7. The third-order valence-corrected chi connectivity index (χ3v) is 9.35. The van der Waals surface area contributed by atoms with E-state index < -0.39 is 160 Å². The van der Waals surface area contributed by atoms with Gasteiger partial charge in [-0.1, -0.05) is 0 Å². The Labute approximate surface area is 302 Å². The van der Waals surface area contributed by atoms with Crippen LogP contribution in [-0.4, -0.2) is 211 Å². The van der Waals surface area contributed by atoms with Crippen LogP contribution < -0.4 is 16.0 Å². The molecule has 13 N–H and O–H groups in total. The molecule has 0 bridgehead atoms. The van der Waals surface area contributed by atoms with E-state index in [0.29, 0.717) is 0 Å². The van der Waals surface area contributed by atoms with Gasteiger partial charge in [-0.15, -0.1) is 0 Å². The second-order valence-electron chi connectivity index (χ2n) is 13.4. The van der Waals surface area contributed by atoms with Gasteiger partial charge in [0.05, 0.1) is 25.9 Å². The molecule has 0 unspecified atom stereocenters. The van der Waals surface area contributed by atoms with E-state index in [9.17, 15) is 65.4 Å². The quantitative estimate of drug-likeness (QED) is 0.0875. The first kappa shape index (κ1) is 43.5. The highest BCUT2D eigenvalue weighted by molar-refractivity contribution is 5.74. The zero-order valence-corrected chi connectivity index (χ0v) is 29.2. The molecule has 0 spiro atoms. The number of carbonyl (C=O) groups is 3. The predicted molar refractivity (Wildman–Crippen MR) is 167 cm³/mol. The van der Waals surface area contributed by atoms with Gasteiger partial charge in [-0.25, -0.2) is 0 Å². The van der Waals surface area contributed by atoms with Crippen LogP contribution in [0.5, 0.6) is 0 Å². The van der Waals surface area contributed by atoms with Crippen molar-refractivity contribution in [3.05, 3.63) is 0 Å². The van der Waals surface area contributed by atoms with Crippen LogP contribution in [0.3, 0.4) is 0 Å². The second kappa shape index (κ2) is 18.6. The molecule has 0 saturated carbocycles. The summed E-state index contributed by atoms with van der Waals surface area (Å²) in [7, 11) is 0. The summed E-state index contributed by atoms with van der Waals surface area (Å²) in [6, 6.07) is -4.56. The second-order valence-corrected chi connectivity index (χ2v) is 13.4. The summed E-state index contributed by atoms with van der Waals surface area (Å²) < 4.78 is 39.8. The third kappa shape index (κ3) is 9.95. The molecule has 0 aliphatic carbocycles. The summed E-state index contributed by atoms with van der Waals surface area (Å²) in [4.78, 5) is 36.4. The zero-order valence-electron chi connectivity index (χ0n) is 29.2. The SMILES string of the molecule is CC(=O)N[C@@H]1[C@@H](O[C@H]2O[C@H](CO)[C@H](O[C@H]3O[C@H](CO[C@@H]4O[C@@H](C)[C@H](O)[C@@H](O)[C@H]4O)[C@H](O)[C@H](O)[C@H]3NC(C)=O)[C@H](O)[C@H]2NC(C)=O)[C@@H](O)[C@@H](CO)O[C@@H]1O. The van der Waals surface area contributed by atoms with Crippen LogP contribution in [0.1, 0.15) is 27.7 Å². The Bertz CT molecular complexity index is 1240. The summed E-state index contributed by atoms with van der Waals surface area (Å²) in [5.41, 5.74) is 0. The first-order valence-electron chi connectivity index (χ1n) is 16.9. The van der Waals surface area contributed by atoms with E-state index in [1.807, 2.05) is 0 Å². The number of hydrogen-bond acceptors (Lipinski definition) is 20. The Kier molecular flexibility index (Phi) is 15.2. The van der Waals surface area contributed by atoms with Gasteiger partial charge in [0.15, 0.2) is 25.2 Å². The lowest BCUT2D eigenvalue weighted by atomic mass is 9.93. The van der Waals surface area contributed by atoms with Crippen LogP contribution in [-0.2, 0) is 47.5 Å². The molecule has 0 aromatic carbocycles. The Morgan fingerprint density at radius 3 is 1.58 bits per heavy atom. The van der Waals surface area contributed by atoms with Gasteiger partial charge in [0, 0.05) is 20.8 Å². The molecule has 4 rings (SSSR count). The topological polar surface area (TPSA) is 354 Å². The number of rotatable bonds is 12. The summed E-state index contributed by atoms with van der Waals surface area (Å²) >= 11 is 0. The van der Waals surface area contributed by atoms with Gasteiger partial charge in [-0.2, -0.15) is 0 Å². The summed E-state index contributed by atoms with van der Waals surface area (Å²) in [6.07, 6.45) is -27.4. The van der Waals surface area contributed by atoms with E-state index in [-0.39, 0.29) is 0 Å². The van der Waals surface area contributed by atoms with Crippen molar-refractivity contribution in [2.45, 2.75) is 150 Å². The highest BCUT2D eigenvalue weighted by atomic mass is 16.7. The highest BCUT2D eigenvalue weighted by Gasteiger charge is 2.55. The number of nitrogens with one attached hydrogen (secondary N) is 3. The van der Waals surface area contributed by atoms with E-state index in [1.54, 1.807) is 0 Å². The van der Waals surface area contributed by atoms with Crippen LogP contribution in [0, 0.1) is 0 Å². The molecule has 53 heavy (non-hydrogen) atoms. The Morgan fingerprint density at radius 2 is 1.04 bits per heavy atom. The van der Waals surface area contributed by atoms with Gasteiger partial charge < -0.3 is 100 Å². The average molecular weight is 774 g/mol. The fourth-order valence-corrected chi connectivity index (χ4v) is 6.60. The molecule has 0 aromatic rings. The van der Waals surface area contributed by atoms with Crippen molar-refractivity contribution in [1.29, 1.82) is 0 Å². The van der Waals surface area contributed by atoms with Crippen LogP contribution >= 0.6 is 0 Å². The lowest BCUT2D eigenvalue weighted by molar-refractivity contribution is -0.353. The minimum absolute atomic E-state index is 0.622. The van der Waals surface area contributed by atoms with Crippen molar-refractivity contribution < 1.29 is 98.6 Å². The van der Waals surface area contributed by atoms with E-state index >= 15 is 0 Å². The van der Waals surface area contributed by atoms with Gasteiger partial charge in [0.1, 0.15) is 91.4 Å². The van der Waals surface area contributed by atoms with Gasteiger partial charge in [-0.05, 0) is 6.92 Å². The van der Waals surface area contributed by atoms with E-state index in [1.165, 1.54) is 6.92 Å². The van der Waals surface area contributed by atoms with Crippen LogP contribution in [0.25, 0.3) is 0 Å². The van der Waals surface area contributed by atoms with Gasteiger partial charge in [-0.3, -0.25) is 14.4 Å². The van der Waals surface area contributed by atoms with Crippen molar-refractivity contribution in [1.82, 2.24) is 16.0 Å². The van der Waals surface area contributed by atoms with E-state index in [2.05, 4.69) is 16.0 Å². The number of amides is 3. The molecule has 4 aliphatic rings. The summed E-state index contributed by atoms with van der Waals surface area (Å²) in [5, 5.41) is 113. The predicted octanol–water partition coefficient (Wildman–Crippen LogP) is -8.29. The molecule has 20 atom stereocenters. The maximum Gasteiger partial charge on any atom is 0.217 e. The molecule has 0 radical (unpaired) electrons. The molecule has 0 aromatic heterocycles. The van der Waals surface area contributed by atoms with Gasteiger partial charge >= 0.3 is 0 Å². The molecule has 23 nitrogen and oxygen atoms in total. The van der Waals surface area contributed by atoms with Crippen molar-refractivity contribution in [2.75, 3.05) is 19.8 Å². The molecule has 3 amide bonds. The number of carbonyl (C=O) groups excluding carboxylic acids is 3. The smallest absolute Gasteiger partial charge is 0.217 e. The molecule has 4 heterocycles. The minimum Gasteiger partial charge on any atom is -0.394 e. The van der Waals surface area contributed by atoms with Crippen LogP contribution in [0.2, 0.25) is 0 Å². The van der Waals surface area contributed by atoms with Gasteiger partial charge in [0.2, 0.25) is 17.7 Å². The molecular weight excluding hydrogens is 722 g/mol.